The number of amides is 1. The number of para-hydroxylation sites is 1. The molecule has 0 unspecified atom stereocenters. The fourth-order valence-electron chi connectivity index (χ4n) is 3.47. The molecule has 3 rings (SSSR count). The number of benzene rings is 2. The number of anilines is 2. The number of nitrogens with zero attached hydrogens (tertiary/aromatic N) is 1. The van der Waals surface area contributed by atoms with E-state index in [1.807, 2.05) is 32.2 Å². The number of carbonyl (C=O) groups excluding carboxylic acids is 1. The number of rotatable bonds is 10. The van der Waals surface area contributed by atoms with Crippen LogP contribution < -0.4 is 20.7 Å². The lowest BCUT2D eigenvalue weighted by atomic mass is 10.1. The second kappa shape index (κ2) is 12.1. The van der Waals surface area contributed by atoms with Crippen LogP contribution in [0.25, 0.3) is 5.70 Å². The Kier molecular flexibility index (Phi) is 8.89. The maximum absolute atomic E-state index is 13.7. The Morgan fingerprint density at radius 3 is 2.72 bits per heavy atom. The smallest absolute Gasteiger partial charge is 0.243 e. The number of hydrogen-bond donors (Lipinski definition) is 3. The molecule has 3 N–H and O–H groups in total. The first-order chi connectivity index (χ1) is 15.6. The van der Waals surface area contributed by atoms with Gasteiger partial charge >= 0.3 is 0 Å². The first kappa shape index (κ1) is 23.6. The number of carbonyl (C=O) groups is 1. The summed E-state index contributed by atoms with van der Waals surface area (Å²) in [5.41, 5.74) is 2.68. The van der Waals surface area contributed by atoms with Crippen LogP contribution in [0.1, 0.15) is 12.5 Å². The van der Waals surface area contributed by atoms with Crippen LogP contribution in [0.5, 0.6) is 5.75 Å². The van der Waals surface area contributed by atoms with Gasteiger partial charge in [0, 0.05) is 43.6 Å². The summed E-state index contributed by atoms with van der Waals surface area (Å²) in [7, 11) is 1.84. The summed E-state index contributed by atoms with van der Waals surface area (Å²) in [6, 6.07) is 11.8. The molecule has 0 bridgehead atoms. The summed E-state index contributed by atoms with van der Waals surface area (Å²) in [4.78, 5) is 14.7. The molecule has 2 aromatic rings. The van der Waals surface area contributed by atoms with Crippen molar-refractivity contribution >= 4 is 23.0 Å². The SMILES string of the molecule is C/C=C(\NC)c1cc(NC(=O)CNc2ccccc2F)ccc1OCCN1CCOCC1. The van der Waals surface area contributed by atoms with Gasteiger partial charge in [-0.3, -0.25) is 9.69 Å². The highest BCUT2D eigenvalue weighted by Crippen LogP contribution is 2.28. The summed E-state index contributed by atoms with van der Waals surface area (Å²) in [6.07, 6.45) is 1.95. The molecule has 0 atom stereocenters. The van der Waals surface area contributed by atoms with E-state index in [0.717, 1.165) is 49.9 Å². The van der Waals surface area contributed by atoms with E-state index in [9.17, 15) is 9.18 Å². The monoisotopic (exact) mass is 442 g/mol. The Bertz CT molecular complexity index is 929. The van der Waals surface area contributed by atoms with Crippen LogP contribution in [0.3, 0.4) is 0 Å². The van der Waals surface area contributed by atoms with Gasteiger partial charge in [-0.25, -0.2) is 4.39 Å². The van der Waals surface area contributed by atoms with Crippen molar-refractivity contribution in [1.29, 1.82) is 0 Å². The third kappa shape index (κ3) is 6.70. The van der Waals surface area contributed by atoms with Crippen molar-refractivity contribution in [3.05, 3.63) is 59.9 Å². The fourth-order valence-corrected chi connectivity index (χ4v) is 3.47. The predicted octanol–water partition coefficient (Wildman–Crippen LogP) is 3.17. The van der Waals surface area contributed by atoms with Gasteiger partial charge in [-0.15, -0.1) is 0 Å². The molecule has 0 spiro atoms. The van der Waals surface area contributed by atoms with E-state index in [-0.39, 0.29) is 12.5 Å². The Morgan fingerprint density at radius 1 is 1.22 bits per heavy atom. The van der Waals surface area contributed by atoms with E-state index in [4.69, 9.17) is 9.47 Å². The molecule has 1 amide bonds. The minimum Gasteiger partial charge on any atom is -0.492 e. The number of halogens is 1. The third-order valence-corrected chi connectivity index (χ3v) is 5.19. The van der Waals surface area contributed by atoms with Gasteiger partial charge in [0.1, 0.15) is 18.2 Å². The van der Waals surface area contributed by atoms with Gasteiger partial charge in [0.2, 0.25) is 5.91 Å². The molecule has 32 heavy (non-hydrogen) atoms. The first-order valence-corrected chi connectivity index (χ1v) is 10.8. The maximum atomic E-state index is 13.7. The lowest BCUT2D eigenvalue weighted by molar-refractivity contribution is -0.114. The number of morpholine rings is 1. The number of nitrogens with one attached hydrogen (secondary N) is 3. The van der Waals surface area contributed by atoms with Crippen molar-refractivity contribution in [2.75, 3.05) is 63.7 Å². The molecule has 172 valence electrons. The minimum atomic E-state index is -0.395. The third-order valence-electron chi connectivity index (χ3n) is 5.19. The Labute approximate surface area is 188 Å². The van der Waals surface area contributed by atoms with E-state index >= 15 is 0 Å². The van der Waals surface area contributed by atoms with Crippen LogP contribution in [0.2, 0.25) is 0 Å². The summed E-state index contributed by atoms with van der Waals surface area (Å²) in [5.74, 6) is 0.0720. The standard InChI is InChI=1S/C24H31FN4O3/c1-3-21(26-2)19-16-18(28-24(30)17-27-22-7-5-4-6-20(22)25)8-9-23(19)32-15-12-29-10-13-31-14-11-29/h3-9,16,26-27H,10-15,17H2,1-2H3,(H,28,30)/b21-3-. The molecule has 0 aromatic heterocycles. The molecule has 1 saturated heterocycles. The van der Waals surface area contributed by atoms with E-state index < -0.39 is 5.82 Å². The van der Waals surface area contributed by atoms with E-state index in [2.05, 4.69) is 20.9 Å². The van der Waals surface area contributed by atoms with E-state index in [1.165, 1.54) is 6.07 Å². The van der Waals surface area contributed by atoms with Crippen molar-refractivity contribution in [3.63, 3.8) is 0 Å². The zero-order valence-corrected chi connectivity index (χ0v) is 18.6. The summed E-state index contributed by atoms with van der Waals surface area (Å²) >= 11 is 0. The lowest BCUT2D eigenvalue weighted by Gasteiger charge is -2.26. The average Bonchev–Trinajstić information content (AvgIpc) is 2.81. The Balaban J connectivity index is 1.62. The summed E-state index contributed by atoms with van der Waals surface area (Å²) in [6.45, 7) is 6.63. The van der Waals surface area contributed by atoms with Crippen molar-refractivity contribution in [2.24, 2.45) is 0 Å². The molecule has 0 aliphatic carbocycles. The van der Waals surface area contributed by atoms with Crippen molar-refractivity contribution in [2.45, 2.75) is 6.92 Å². The van der Waals surface area contributed by atoms with Gasteiger partial charge in [-0.2, -0.15) is 0 Å². The molecule has 0 radical (unpaired) electrons. The minimum absolute atomic E-state index is 0.0451. The lowest BCUT2D eigenvalue weighted by Crippen LogP contribution is -2.38. The largest absolute Gasteiger partial charge is 0.492 e. The maximum Gasteiger partial charge on any atom is 0.243 e. The van der Waals surface area contributed by atoms with Gasteiger partial charge in [0.15, 0.2) is 0 Å². The molecular weight excluding hydrogens is 411 g/mol. The van der Waals surface area contributed by atoms with Crippen molar-refractivity contribution < 1.29 is 18.7 Å². The van der Waals surface area contributed by atoms with Crippen molar-refractivity contribution in [3.8, 4) is 5.75 Å². The molecule has 1 aliphatic rings. The Hall–Kier alpha value is -3.10. The van der Waals surface area contributed by atoms with Crippen LogP contribution in [0, 0.1) is 5.82 Å². The normalized spacial score (nSPS) is 14.7. The molecule has 8 heteroatoms. The topological polar surface area (TPSA) is 74.9 Å². The second-order valence-electron chi connectivity index (χ2n) is 7.35. The average molecular weight is 443 g/mol. The molecule has 1 heterocycles. The fraction of sp³-hybridized carbons (Fsp3) is 0.375. The number of hydrogen-bond acceptors (Lipinski definition) is 6. The van der Waals surface area contributed by atoms with Gasteiger partial charge in [0.05, 0.1) is 25.4 Å². The van der Waals surface area contributed by atoms with Gasteiger partial charge in [-0.05, 0) is 37.3 Å². The molecule has 0 saturated carbocycles. The zero-order chi connectivity index (χ0) is 22.8. The molecule has 1 fully saturated rings. The zero-order valence-electron chi connectivity index (χ0n) is 18.6. The number of allylic oxidation sites excluding steroid dienone is 1. The number of ether oxygens (including phenoxy) is 2. The first-order valence-electron chi connectivity index (χ1n) is 10.8. The van der Waals surface area contributed by atoms with E-state index in [1.54, 1.807) is 24.3 Å². The molecule has 7 nitrogen and oxygen atoms in total. The van der Waals surface area contributed by atoms with Crippen molar-refractivity contribution in [1.82, 2.24) is 10.2 Å². The predicted molar refractivity (Wildman–Crippen MR) is 125 cm³/mol. The molecule has 1 aliphatic heterocycles. The van der Waals surface area contributed by atoms with Crippen LogP contribution in [0.15, 0.2) is 48.5 Å². The molecule has 2 aromatic carbocycles. The van der Waals surface area contributed by atoms with Crippen LogP contribution in [-0.2, 0) is 9.53 Å². The highest BCUT2D eigenvalue weighted by Gasteiger charge is 2.13. The van der Waals surface area contributed by atoms with Crippen LogP contribution in [0.4, 0.5) is 15.8 Å². The summed E-state index contributed by atoms with van der Waals surface area (Å²) in [5, 5.41) is 8.84. The highest BCUT2D eigenvalue weighted by molar-refractivity contribution is 5.94. The van der Waals surface area contributed by atoms with E-state index in [0.29, 0.717) is 18.0 Å². The molecular formula is C24H31FN4O3. The summed E-state index contributed by atoms with van der Waals surface area (Å²) < 4.78 is 25.2. The van der Waals surface area contributed by atoms with Gasteiger partial charge in [-0.1, -0.05) is 18.2 Å². The van der Waals surface area contributed by atoms with Gasteiger partial charge < -0.3 is 25.4 Å². The second-order valence-corrected chi connectivity index (χ2v) is 7.35. The Morgan fingerprint density at radius 2 is 2.00 bits per heavy atom. The van der Waals surface area contributed by atoms with Crippen LogP contribution >= 0.6 is 0 Å². The van der Waals surface area contributed by atoms with Crippen LogP contribution in [-0.4, -0.2) is 63.9 Å². The quantitative estimate of drug-likeness (QED) is 0.525. The highest BCUT2D eigenvalue weighted by atomic mass is 19.1. The van der Waals surface area contributed by atoms with Gasteiger partial charge in [0.25, 0.3) is 0 Å².